The number of carbonyl (C=O) groups is 3. The van der Waals surface area contributed by atoms with Crippen molar-refractivity contribution in [3.8, 4) is 23.0 Å². The summed E-state index contributed by atoms with van der Waals surface area (Å²) in [5.74, 6) is 1.71. The van der Waals surface area contributed by atoms with Gasteiger partial charge in [-0.15, -0.1) is 0 Å². The van der Waals surface area contributed by atoms with Crippen molar-refractivity contribution < 1.29 is 33.3 Å². The number of aromatic nitrogens is 1. The van der Waals surface area contributed by atoms with E-state index in [1.54, 1.807) is 43.5 Å². The summed E-state index contributed by atoms with van der Waals surface area (Å²) >= 11 is 0.881. The fourth-order valence-corrected chi connectivity index (χ4v) is 5.53. The third-order valence-corrected chi connectivity index (χ3v) is 7.50. The van der Waals surface area contributed by atoms with E-state index in [-0.39, 0.29) is 43.5 Å². The number of anilines is 1. The van der Waals surface area contributed by atoms with Gasteiger partial charge >= 0.3 is 0 Å². The molecule has 6 rings (SSSR count). The average Bonchev–Trinajstić information content (AvgIpc) is 3.66. The van der Waals surface area contributed by atoms with E-state index in [4.69, 9.17) is 18.9 Å². The number of thioether (sulfide) groups is 1. The van der Waals surface area contributed by atoms with Gasteiger partial charge in [0.25, 0.3) is 11.1 Å². The van der Waals surface area contributed by atoms with Crippen LogP contribution in [0, 0.1) is 0 Å². The number of hydrogen-bond donors (Lipinski definition) is 1. The number of nitrogens with one attached hydrogen (secondary N) is 1. The Morgan fingerprint density at radius 2 is 1.80 bits per heavy atom. The number of rotatable bonds is 9. The average molecular weight is 572 g/mol. The molecule has 0 atom stereocenters. The Morgan fingerprint density at radius 1 is 1.02 bits per heavy atom. The number of para-hydroxylation sites is 3. The Morgan fingerprint density at radius 3 is 2.66 bits per heavy atom. The van der Waals surface area contributed by atoms with Gasteiger partial charge in [-0.1, -0.05) is 30.3 Å². The van der Waals surface area contributed by atoms with Crippen molar-refractivity contribution in [1.82, 2.24) is 9.47 Å². The van der Waals surface area contributed by atoms with Crippen molar-refractivity contribution >= 4 is 51.5 Å². The lowest BCUT2D eigenvalue weighted by atomic mass is 10.1. The number of benzene rings is 3. The number of carbonyl (C=O) groups excluding carboxylic acids is 3. The molecular weight excluding hydrogens is 546 g/mol. The smallest absolute Gasteiger partial charge is 0.293 e. The second-order valence-electron chi connectivity index (χ2n) is 9.18. The highest BCUT2D eigenvalue weighted by Gasteiger charge is 2.35. The maximum Gasteiger partial charge on any atom is 0.293 e. The minimum atomic E-state index is -0.388. The largest absolute Gasteiger partial charge is 0.493 e. The SMILES string of the molecule is COc1ccccc1OCCN1C(=O)S/C(=C\c2cn(CC(=O)Nc3ccc4c(c3)OCO4)c3ccccc23)C1=O. The molecule has 2 aliphatic rings. The maximum absolute atomic E-state index is 13.1. The van der Waals surface area contributed by atoms with Crippen LogP contribution in [-0.4, -0.2) is 53.6 Å². The molecule has 3 aromatic carbocycles. The van der Waals surface area contributed by atoms with Gasteiger partial charge in [-0.3, -0.25) is 19.3 Å². The highest BCUT2D eigenvalue weighted by molar-refractivity contribution is 8.18. The van der Waals surface area contributed by atoms with E-state index in [9.17, 15) is 14.4 Å². The van der Waals surface area contributed by atoms with Gasteiger partial charge < -0.3 is 28.8 Å². The second kappa shape index (κ2) is 11.3. The van der Waals surface area contributed by atoms with Crippen LogP contribution in [0.4, 0.5) is 10.5 Å². The van der Waals surface area contributed by atoms with E-state index in [1.165, 1.54) is 4.90 Å². The molecule has 0 bridgehead atoms. The summed E-state index contributed by atoms with van der Waals surface area (Å²) in [4.78, 5) is 40.2. The number of fused-ring (bicyclic) bond motifs is 2. The molecule has 41 heavy (non-hydrogen) atoms. The summed E-state index contributed by atoms with van der Waals surface area (Å²) in [6.45, 7) is 0.428. The molecule has 4 aromatic rings. The van der Waals surface area contributed by atoms with E-state index in [0.29, 0.717) is 33.6 Å². The zero-order valence-electron chi connectivity index (χ0n) is 22.0. The quantitative estimate of drug-likeness (QED) is 0.276. The zero-order chi connectivity index (χ0) is 28.3. The van der Waals surface area contributed by atoms with Crippen LogP contribution in [-0.2, 0) is 16.1 Å². The lowest BCUT2D eigenvalue weighted by Crippen LogP contribution is -2.32. The van der Waals surface area contributed by atoms with Crippen molar-refractivity contribution in [2.45, 2.75) is 6.54 Å². The zero-order valence-corrected chi connectivity index (χ0v) is 22.8. The van der Waals surface area contributed by atoms with E-state index in [0.717, 1.165) is 28.2 Å². The van der Waals surface area contributed by atoms with Gasteiger partial charge in [-0.25, -0.2) is 0 Å². The van der Waals surface area contributed by atoms with Crippen LogP contribution >= 0.6 is 11.8 Å². The molecule has 1 N–H and O–H groups in total. The van der Waals surface area contributed by atoms with E-state index >= 15 is 0 Å². The number of imide groups is 1. The minimum absolute atomic E-state index is 0.0462. The Hall–Kier alpha value is -4.90. The van der Waals surface area contributed by atoms with Crippen LogP contribution < -0.4 is 24.3 Å². The van der Waals surface area contributed by atoms with Gasteiger partial charge in [0.1, 0.15) is 13.2 Å². The van der Waals surface area contributed by atoms with Gasteiger partial charge in [0.05, 0.1) is 18.6 Å². The fraction of sp³-hybridized carbons (Fsp3) is 0.167. The van der Waals surface area contributed by atoms with Crippen LogP contribution in [0.3, 0.4) is 0 Å². The molecule has 11 heteroatoms. The van der Waals surface area contributed by atoms with Crippen molar-refractivity contribution in [2.24, 2.45) is 0 Å². The lowest BCUT2D eigenvalue weighted by molar-refractivity contribution is -0.123. The summed E-state index contributed by atoms with van der Waals surface area (Å²) in [6.07, 6.45) is 3.50. The topological polar surface area (TPSA) is 108 Å². The standard InChI is InChI=1S/C30H25N3O7S/c1-37-23-8-4-5-9-24(23)38-13-12-33-29(35)27(41-30(33)36)14-19-16-32(22-7-3-2-6-21(19)22)17-28(34)31-20-10-11-25-26(15-20)40-18-39-25/h2-11,14-16H,12-13,17-18H2,1H3,(H,31,34)/b27-14-. The Balaban J connectivity index is 1.16. The van der Waals surface area contributed by atoms with Gasteiger partial charge in [-0.2, -0.15) is 0 Å². The first-order chi connectivity index (χ1) is 20.0. The van der Waals surface area contributed by atoms with Crippen LogP contribution in [0.1, 0.15) is 5.56 Å². The van der Waals surface area contributed by atoms with Crippen molar-refractivity contribution in [3.63, 3.8) is 0 Å². The molecular formula is C30H25N3O7S. The Bertz CT molecular complexity index is 1700. The van der Waals surface area contributed by atoms with Crippen molar-refractivity contribution in [1.29, 1.82) is 0 Å². The number of ether oxygens (including phenoxy) is 4. The maximum atomic E-state index is 13.1. The van der Waals surface area contributed by atoms with Crippen LogP contribution in [0.15, 0.2) is 77.8 Å². The first kappa shape index (κ1) is 26.3. The summed E-state index contributed by atoms with van der Waals surface area (Å²) in [7, 11) is 1.55. The highest BCUT2D eigenvalue weighted by Crippen LogP contribution is 2.35. The molecule has 10 nitrogen and oxygen atoms in total. The molecule has 1 saturated heterocycles. The predicted molar refractivity (Wildman–Crippen MR) is 154 cm³/mol. The molecule has 0 unspecified atom stereocenters. The lowest BCUT2D eigenvalue weighted by Gasteiger charge is -2.14. The van der Waals surface area contributed by atoms with Crippen LogP contribution in [0.25, 0.3) is 17.0 Å². The molecule has 1 aromatic heterocycles. The minimum Gasteiger partial charge on any atom is -0.493 e. The van der Waals surface area contributed by atoms with Crippen LogP contribution in [0.2, 0.25) is 0 Å². The normalized spacial score (nSPS) is 15.1. The summed E-state index contributed by atoms with van der Waals surface area (Å²) in [5, 5.41) is 3.38. The van der Waals surface area contributed by atoms with Gasteiger partial charge in [-0.05, 0) is 48.2 Å². The number of amides is 3. The number of nitrogens with zero attached hydrogens (tertiary/aromatic N) is 2. The third-order valence-electron chi connectivity index (χ3n) is 6.59. The van der Waals surface area contributed by atoms with Crippen LogP contribution in [0.5, 0.6) is 23.0 Å². The van der Waals surface area contributed by atoms with Gasteiger partial charge in [0, 0.05) is 34.4 Å². The monoisotopic (exact) mass is 571 g/mol. The van der Waals surface area contributed by atoms with E-state index in [1.807, 2.05) is 47.2 Å². The molecule has 0 radical (unpaired) electrons. The fourth-order valence-electron chi connectivity index (χ4n) is 4.67. The van der Waals surface area contributed by atoms with Gasteiger partial charge in [0.15, 0.2) is 23.0 Å². The van der Waals surface area contributed by atoms with E-state index < -0.39 is 0 Å². The summed E-state index contributed by atoms with van der Waals surface area (Å²) < 4.78 is 23.5. The molecule has 208 valence electrons. The summed E-state index contributed by atoms with van der Waals surface area (Å²) in [6, 6.07) is 20.0. The number of hydrogen-bond acceptors (Lipinski definition) is 8. The highest BCUT2D eigenvalue weighted by atomic mass is 32.2. The molecule has 0 aliphatic carbocycles. The molecule has 3 heterocycles. The Labute approximate surface area is 239 Å². The first-order valence-corrected chi connectivity index (χ1v) is 13.6. The molecule has 2 aliphatic heterocycles. The second-order valence-corrected chi connectivity index (χ2v) is 10.2. The van der Waals surface area contributed by atoms with Gasteiger partial charge in [0.2, 0.25) is 12.7 Å². The Kier molecular flexibility index (Phi) is 7.26. The predicted octanol–water partition coefficient (Wildman–Crippen LogP) is 5.13. The third kappa shape index (κ3) is 5.44. The van der Waals surface area contributed by atoms with E-state index in [2.05, 4.69) is 5.32 Å². The molecule has 3 amide bonds. The number of methoxy groups -OCH3 is 1. The van der Waals surface area contributed by atoms with Crippen molar-refractivity contribution in [2.75, 3.05) is 32.4 Å². The molecule has 0 saturated carbocycles. The van der Waals surface area contributed by atoms with Crippen molar-refractivity contribution in [3.05, 3.63) is 83.4 Å². The molecule has 0 spiro atoms. The molecule has 1 fully saturated rings. The summed E-state index contributed by atoms with van der Waals surface area (Å²) in [5.41, 5.74) is 2.15. The first-order valence-electron chi connectivity index (χ1n) is 12.8.